The van der Waals surface area contributed by atoms with E-state index in [1.807, 2.05) is 26.0 Å². The van der Waals surface area contributed by atoms with Crippen LogP contribution < -0.4 is 0 Å². The summed E-state index contributed by atoms with van der Waals surface area (Å²) in [6.45, 7) is 13.0. The highest BCUT2D eigenvalue weighted by Gasteiger charge is 2.12. The van der Waals surface area contributed by atoms with Crippen LogP contribution in [0.25, 0.3) is 0 Å². The molecular weight excluding hydrogens is 264 g/mol. The highest BCUT2D eigenvalue weighted by atomic mass is 16.5. The first-order valence-corrected chi connectivity index (χ1v) is 7.12. The zero-order chi connectivity index (χ0) is 15.8. The average molecular weight is 288 g/mol. The molecule has 1 aliphatic rings. The zero-order valence-corrected chi connectivity index (χ0v) is 13.3. The van der Waals surface area contributed by atoms with Gasteiger partial charge in [-0.05, 0) is 43.4 Å². The molecule has 0 atom stereocenters. The number of hydrogen-bond acceptors (Lipinski definition) is 3. The van der Waals surface area contributed by atoms with Crippen LogP contribution in [0.5, 0.6) is 0 Å². The molecule has 3 heteroatoms. The summed E-state index contributed by atoms with van der Waals surface area (Å²) in [7, 11) is 0. The van der Waals surface area contributed by atoms with Crippen LogP contribution >= 0.6 is 0 Å². The molecule has 114 valence electrons. The monoisotopic (exact) mass is 288 g/mol. The molecule has 0 aromatic heterocycles. The van der Waals surface area contributed by atoms with E-state index in [2.05, 4.69) is 26.5 Å². The maximum absolute atomic E-state index is 10.8. The Morgan fingerprint density at radius 3 is 2.76 bits per heavy atom. The van der Waals surface area contributed by atoms with Gasteiger partial charge >= 0.3 is 0 Å². The molecule has 0 saturated heterocycles. The van der Waals surface area contributed by atoms with Crippen LogP contribution in [0.3, 0.4) is 0 Å². The Hall–Kier alpha value is -2.03. The van der Waals surface area contributed by atoms with E-state index in [1.165, 1.54) is 0 Å². The van der Waals surface area contributed by atoms with Gasteiger partial charge in [-0.15, -0.1) is 0 Å². The third kappa shape index (κ3) is 5.46. The van der Waals surface area contributed by atoms with Gasteiger partial charge in [0.05, 0.1) is 6.26 Å². The molecule has 0 fully saturated rings. The third-order valence-electron chi connectivity index (χ3n) is 3.12. The second-order valence-electron chi connectivity index (χ2n) is 5.59. The van der Waals surface area contributed by atoms with Crippen molar-refractivity contribution in [1.82, 2.24) is 0 Å². The van der Waals surface area contributed by atoms with Crippen LogP contribution in [0.2, 0.25) is 0 Å². The summed E-state index contributed by atoms with van der Waals surface area (Å²) in [4.78, 5) is 10.8. The molecule has 21 heavy (non-hydrogen) atoms. The van der Waals surface area contributed by atoms with Crippen LogP contribution in [0.1, 0.15) is 34.1 Å². The highest BCUT2D eigenvalue weighted by molar-refractivity contribution is 5.52. The molecule has 1 heterocycles. The lowest BCUT2D eigenvalue weighted by Crippen LogP contribution is -2.01. The first-order chi connectivity index (χ1) is 9.95. The van der Waals surface area contributed by atoms with E-state index < -0.39 is 0 Å². The minimum Gasteiger partial charge on any atom is -0.496 e. The van der Waals surface area contributed by atoms with E-state index in [-0.39, 0.29) is 0 Å². The van der Waals surface area contributed by atoms with Gasteiger partial charge in [0.15, 0.2) is 0 Å². The number of carbonyl (C=O) groups excluding carboxylic acids is 1. The Morgan fingerprint density at radius 1 is 1.43 bits per heavy atom. The molecule has 1 aliphatic heterocycles. The molecule has 0 bridgehead atoms. The number of carbonyl (C=O) groups is 1. The van der Waals surface area contributed by atoms with Gasteiger partial charge in [-0.1, -0.05) is 32.6 Å². The standard InChI is InChI=1S/C18H24O3/c1-13(2)7-6-8-17-9-14(3)15(4)10-20-11-16(5)18(17)21-12-19/h6,8-10,12-13H,3,7,11H2,1-2,4-5H3/b8-6?,15-10-,17-9-,18-16+. The maximum atomic E-state index is 10.8. The summed E-state index contributed by atoms with van der Waals surface area (Å²) in [5.74, 6) is 1.11. The van der Waals surface area contributed by atoms with Crippen molar-refractivity contribution in [2.45, 2.75) is 34.1 Å². The van der Waals surface area contributed by atoms with Crippen LogP contribution in [0.15, 0.2) is 59.1 Å². The molecule has 0 N–H and O–H groups in total. The fourth-order valence-electron chi connectivity index (χ4n) is 1.85. The minimum atomic E-state index is 0.378. The molecule has 0 radical (unpaired) electrons. The largest absolute Gasteiger partial charge is 0.496 e. The first kappa shape index (κ1) is 17.0. The summed E-state index contributed by atoms with van der Waals surface area (Å²) in [6.07, 6.45) is 8.62. The number of allylic oxidation sites excluding steroid dienone is 5. The quantitative estimate of drug-likeness (QED) is 0.701. The fraction of sp³-hybridized carbons (Fsp3) is 0.389. The molecule has 3 nitrogen and oxygen atoms in total. The topological polar surface area (TPSA) is 35.5 Å². The molecule has 0 unspecified atom stereocenters. The van der Waals surface area contributed by atoms with Gasteiger partial charge in [0.25, 0.3) is 6.47 Å². The van der Waals surface area contributed by atoms with Gasteiger partial charge in [-0.3, -0.25) is 4.79 Å². The van der Waals surface area contributed by atoms with Gasteiger partial charge < -0.3 is 9.47 Å². The maximum Gasteiger partial charge on any atom is 0.298 e. The van der Waals surface area contributed by atoms with E-state index in [0.29, 0.717) is 24.8 Å². The molecule has 0 amide bonds. The Bertz CT molecular complexity index is 517. The Balaban J connectivity index is 3.22. The van der Waals surface area contributed by atoms with Crippen molar-refractivity contribution in [3.8, 4) is 0 Å². The Kier molecular flexibility index (Phi) is 6.73. The van der Waals surface area contributed by atoms with E-state index in [0.717, 1.165) is 28.7 Å². The van der Waals surface area contributed by atoms with Crippen molar-refractivity contribution < 1.29 is 14.3 Å². The normalized spacial score (nSPS) is 25.3. The fourth-order valence-corrected chi connectivity index (χ4v) is 1.85. The van der Waals surface area contributed by atoms with Crippen molar-refractivity contribution in [2.75, 3.05) is 6.61 Å². The van der Waals surface area contributed by atoms with E-state index in [9.17, 15) is 4.79 Å². The van der Waals surface area contributed by atoms with E-state index in [1.54, 1.807) is 6.26 Å². The van der Waals surface area contributed by atoms with Crippen molar-refractivity contribution >= 4 is 6.47 Å². The molecule has 0 aromatic carbocycles. The summed E-state index contributed by atoms with van der Waals surface area (Å²) < 4.78 is 10.7. The third-order valence-corrected chi connectivity index (χ3v) is 3.12. The van der Waals surface area contributed by atoms with Crippen LogP contribution in [0.4, 0.5) is 0 Å². The van der Waals surface area contributed by atoms with Crippen LogP contribution in [-0.2, 0) is 14.3 Å². The molecule has 0 aromatic rings. The lowest BCUT2D eigenvalue weighted by molar-refractivity contribution is -0.124. The van der Waals surface area contributed by atoms with Crippen LogP contribution in [0, 0.1) is 5.92 Å². The van der Waals surface area contributed by atoms with Gasteiger partial charge in [0.1, 0.15) is 12.4 Å². The lowest BCUT2D eigenvalue weighted by atomic mass is 10.0. The molecule has 0 aliphatic carbocycles. The van der Waals surface area contributed by atoms with Gasteiger partial charge in [-0.25, -0.2) is 0 Å². The minimum absolute atomic E-state index is 0.378. The molecular formula is C18H24O3. The lowest BCUT2D eigenvalue weighted by Gasteiger charge is -2.10. The van der Waals surface area contributed by atoms with E-state index in [4.69, 9.17) is 9.47 Å². The highest BCUT2D eigenvalue weighted by Crippen LogP contribution is 2.24. The van der Waals surface area contributed by atoms with Gasteiger partial charge in [0, 0.05) is 11.1 Å². The number of rotatable bonds is 5. The predicted octanol–water partition coefficient (Wildman–Crippen LogP) is 4.45. The zero-order valence-electron chi connectivity index (χ0n) is 13.3. The predicted molar refractivity (Wildman–Crippen MR) is 85.4 cm³/mol. The molecule has 0 saturated carbocycles. The van der Waals surface area contributed by atoms with Crippen molar-refractivity contribution in [3.63, 3.8) is 0 Å². The average Bonchev–Trinajstić information content (AvgIpc) is 2.46. The van der Waals surface area contributed by atoms with Crippen molar-refractivity contribution in [2.24, 2.45) is 5.92 Å². The second-order valence-corrected chi connectivity index (χ2v) is 5.59. The van der Waals surface area contributed by atoms with E-state index >= 15 is 0 Å². The summed E-state index contributed by atoms with van der Waals surface area (Å²) in [5.41, 5.74) is 3.48. The van der Waals surface area contributed by atoms with Gasteiger partial charge in [-0.2, -0.15) is 0 Å². The Labute approximate surface area is 127 Å². The second kappa shape index (κ2) is 8.30. The SMILES string of the molecule is C=C1/C=C(C=CCC(C)C)\C(OC=O)=C(\C)CO/C=C\1C. The van der Waals surface area contributed by atoms with Crippen molar-refractivity contribution in [3.05, 3.63) is 59.1 Å². The molecule has 0 spiro atoms. The summed E-state index contributed by atoms with van der Waals surface area (Å²) in [6, 6.07) is 0. The van der Waals surface area contributed by atoms with Crippen molar-refractivity contribution in [1.29, 1.82) is 0 Å². The number of hydrogen-bond donors (Lipinski definition) is 0. The summed E-state index contributed by atoms with van der Waals surface area (Å²) >= 11 is 0. The Morgan fingerprint density at radius 2 is 2.14 bits per heavy atom. The molecule has 1 rings (SSSR count). The first-order valence-electron chi connectivity index (χ1n) is 7.12. The van der Waals surface area contributed by atoms with Gasteiger partial charge in [0.2, 0.25) is 0 Å². The number of ether oxygens (including phenoxy) is 2. The summed E-state index contributed by atoms with van der Waals surface area (Å²) in [5, 5.41) is 0. The smallest absolute Gasteiger partial charge is 0.298 e. The van der Waals surface area contributed by atoms with Crippen LogP contribution in [-0.4, -0.2) is 13.1 Å².